The Kier molecular flexibility index (Phi) is 4.06. The first-order valence-electron chi connectivity index (χ1n) is 6.84. The average molecular weight is 300 g/mol. The molecule has 0 fully saturated rings. The first-order chi connectivity index (χ1) is 10.8. The molecule has 0 bridgehead atoms. The van der Waals surface area contributed by atoms with Gasteiger partial charge in [-0.15, -0.1) is 0 Å². The number of carbonyl (C=O) groups excluding carboxylic acids is 1. The molecule has 22 heavy (non-hydrogen) atoms. The van der Waals surface area contributed by atoms with Crippen LogP contribution in [0.15, 0.2) is 52.2 Å². The summed E-state index contributed by atoms with van der Waals surface area (Å²) in [6, 6.07) is 11.2. The van der Waals surface area contributed by atoms with E-state index in [0.29, 0.717) is 5.75 Å². The summed E-state index contributed by atoms with van der Waals surface area (Å²) in [5, 5.41) is 4.35. The minimum Gasteiger partial charge on any atom is -0.484 e. The summed E-state index contributed by atoms with van der Waals surface area (Å²) in [4.78, 5) is 11.0. The number of hydrazone groups is 1. The number of hydrogen-bond donors (Lipinski definition) is 3. The van der Waals surface area contributed by atoms with Crippen LogP contribution in [0.3, 0.4) is 0 Å². The highest BCUT2D eigenvalue weighted by molar-refractivity contribution is 6.01. The number of hydrogen-bond acceptors (Lipinski definition) is 6. The lowest BCUT2D eigenvalue weighted by atomic mass is 10.0. The molecule has 1 aromatic carbocycles. The van der Waals surface area contributed by atoms with Gasteiger partial charge in [0.2, 0.25) is 0 Å². The second kappa shape index (κ2) is 6.31. The molecule has 1 amide bonds. The van der Waals surface area contributed by atoms with Crippen LogP contribution < -0.4 is 21.4 Å². The number of nitrogens with two attached hydrogens (primary N) is 1. The van der Waals surface area contributed by atoms with E-state index in [2.05, 4.69) is 10.5 Å². The predicted octanol–water partition coefficient (Wildman–Crippen LogP) is 1.09. The van der Waals surface area contributed by atoms with E-state index in [-0.39, 0.29) is 18.6 Å². The molecule has 7 nitrogen and oxygen atoms in total. The van der Waals surface area contributed by atoms with Crippen LogP contribution in [0.25, 0.3) is 0 Å². The highest BCUT2D eigenvalue weighted by Gasteiger charge is 2.23. The number of furan rings is 1. The Balaban J connectivity index is 1.60. The molecule has 7 heteroatoms. The quantitative estimate of drug-likeness (QED) is 0.436. The van der Waals surface area contributed by atoms with Crippen molar-refractivity contribution < 1.29 is 13.9 Å². The second-order valence-corrected chi connectivity index (χ2v) is 4.84. The number of amides is 1. The number of rotatable bonds is 5. The zero-order chi connectivity index (χ0) is 15.4. The molecule has 0 spiro atoms. The van der Waals surface area contributed by atoms with Crippen molar-refractivity contribution in [3.8, 4) is 5.75 Å². The molecule has 0 radical (unpaired) electrons. The smallest absolute Gasteiger partial charge is 0.271 e. The van der Waals surface area contributed by atoms with Gasteiger partial charge in [-0.2, -0.15) is 5.10 Å². The van der Waals surface area contributed by atoms with Crippen molar-refractivity contribution in [1.82, 2.24) is 10.9 Å². The molecule has 1 aliphatic heterocycles. The van der Waals surface area contributed by atoms with Gasteiger partial charge in [0.1, 0.15) is 17.6 Å². The standard InChI is InChI=1S/C15H16N4O3/c16-17-15(20)9-22-11-5-3-10(4-6-11)12-8-13(19-18-12)14-2-1-7-21-14/h1-7,13,19H,8-9,16H2,(H,17,20). The molecule has 3 rings (SSSR count). The Bertz CT molecular complexity index is 665. The van der Waals surface area contributed by atoms with Crippen molar-refractivity contribution in [2.24, 2.45) is 10.9 Å². The lowest BCUT2D eigenvalue weighted by molar-refractivity contribution is -0.123. The largest absolute Gasteiger partial charge is 0.484 e. The van der Waals surface area contributed by atoms with Gasteiger partial charge in [0.25, 0.3) is 5.91 Å². The number of ether oxygens (including phenoxy) is 1. The van der Waals surface area contributed by atoms with Gasteiger partial charge in [-0.1, -0.05) is 0 Å². The predicted molar refractivity (Wildman–Crippen MR) is 80.0 cm³/mol. The zero-order valence-electron chi connectivity index (χ0n) is 11.8. The molecule has 1 aliphatic rings. The Morgan fingerprint density at radius 3 is 2.91 bits per heavy atom. The van der Waals surface area contributed by atoms with E-state index in [1.165, 1.54) is 0 Å². The Morgan fingerprint density at radius 2 is 2.23 bits per heavy atom. The van der Waals surface area contributed by atoms with Gasteiger partial charge >= 0.3 is 0 Å². The molecule has 1 aromatic heterocycles. The molecule has 0 aliphatic carbocycles. The van der Waals surface area contributed by atoms with Gasteiger partial charge in [0.15, 0.2) is 6.61 Å². The molecule has 114 valence electrons. The van der Waals surface area contributed by atoms with Crippen LogP contribution in [0.2, 0.25) is 0 Å². The van der Waals surface area contributed by atoms with Crippen LogP contribution in [0.5, 0.6) is 5.75 Å². The Labute approximate surface area is 127 Å². The Hall–Kier alpha value is -2.80. The van der Waals surface area contributed by atoms with E-state index in [0.717, 1.165) is 23.5 Å². The summed E-state index contributed by atoms with van der Waals surface area (Å²) in [7, 11) is 0. The van der Waals surface area contributed by atoms with Crippen molar-refractivity contribution in [3.05, 3.63) is 54.0 Å². The van der Waals surface area contributed by atoms with E-state index < -0.39 is 0 Å². The van der Waals surface area contributed by atoms with E-state index >= 15 is 0 Å². The topological polar surface area (TPSA) is 102 Å². The normalized spacial score (nSPS) is 16.8. The monoisotopic (exact) mass is 300 g/mol. The van der Waals surface area contributed by atoms with Crippen molar-refractivity contribution in [1.29, 1.82) is 0 Å². The number of nitrogens with one attached hydrogen (secondary N) is 2. The van der Waals surface area contributed by atoms with Crippen LogP contribution in [-0.2, 0) is 4.79 Å². The van der Waals surface area contributed by atoms with E-state index in [4.69, 9.17) is 15.0 Å². The fourth-order valence-electron chi connectivity index (χ4n) is 2.21. The summed E-state index contributed by atoms with van der Waals surface area (Å²) >= 11 is 0. The van der Waals surface area contributed by atoms with E-state index in [1.807, 2.05) is 29.7 Å². The SMILES string of the molecule is NNC(=O)COc1ccc(C2=NNC(c3ccco3)C2)cc1. The third-order valence-electron chi connectivity index (χ3n) is 3.36. The summed E-state index contributed by atoms with van der Waals surface area (Å²) in [6.07, 6.45) is 2.40. The minimum absolute atomic E-state index is 0.0641. The van der Waals surface area contributed by atoms with Gasteiger partial charge in [-0.05, 0) is 42.0 Å². The molecule has 2 heterocycles. The molecule has 1 atom stereocenters. The molecule has 4 N–H and O–H groups in total. The van der Waals surface area contributed by atoms with Gasteiger partial charge in [0.05, 0.1) is 12.0 Å². The first kappa shape index (κ1) is 14.2. The number of nitrogens with zero attached hydrogens (tertiary/aromatic N) is 1. The number of carbonyl (C=O) groups is 1. The highest BCUT2D eigenvalue weighted by Crippen LogP contribution is 2.25. The number of benzene rings is 1. The fraction of sp³-hybridized carbons (Fsp3) is 0.200. The summed E-state index contributed by atoms with van der Waals surface area (Å²) in [6.45, 7) is -0.112. The van der Waals surface area contributed by atoms with Gasteiger partial charge in [-0.25, -0.2) is 5.84 Å². The lowest BCUT2D eigenvalue weighted by Crippen LogP contribution is -2.34. The first-order valence-corrected chi connectivity index (χ1v) is 6.84. The van der Waals surface area contributed by atoms with Crippen molar-refractivity contribution in [2.75, 3.05) is 6.61 Å². The zero-order valence-corrected chi connectivity index (χ0v) is 11.8. The molecule has 2 aromatic rings. The third kappa shape index (κ3) is 3.09. The van der Waals surface area contributed by atoms with Crippen molar-refractivity contribution >= 4 is 11.6 Å². The maximum atomic E-state index is 11.0. The van der Waals surface area contributed by atoms with Crippen LogP contribution in [0.1, 0.15) is 23.8 Å². The van der Waals surface area contributed by atoms with Crippen LogP contribution in [-0.4, -0.2) is 18.2 Å². The molecule has 0 saturated heterocycles. The van der Waals surface area contributed by atoms with Gasteiger partial charge in [-0.3, -0.25) is 15.6 Å². The summed E-state index contributed by atoms with van der Waals surface area (Å²) in [5.74, 6) is 6.07. The molecule has 1 unspecified atom stereocenters. The van der Waals surface area contributed by atoms with Crippen molar-refractivity contribution in [2.45, 2.75) is 12.5 Å². The highest BCUT2D eigenvalue weighted by atomic mass is 16.5. The lowest BCUT2D eigenvalue weighted by Gasteiger charge is -2.07. The van der Waals surface area contributed by atoms with Crippen LogP contribution in [0.4, 0.5) is 0 Å². The van der Waals surface area contributed by atoms with Crippen molar-refractivity contribution in [3.63, 3.8) is 0 Å². The van der Waals surface area contributed by atoms with Gasteiger partial charge in [0, 0.05) is 6.42 Å². The van der Waals surface area contributed by atoms with E-state index in [1.54, 1.807) is 18.4 Å². The maximum absolute atomic E-state index is 11.0. The molecular weight excluding hydrogens is 284 g/mol. The third-order valence-corrected chi connectivity index (χ3v) is 3.36. The summed E-state index contributed by atoms with van der Waals surface area (Å²) in [5.41, 5.74) is 7.02. The van der Waals surface area contributed by atoms with Crippen LogP contribution >= 0.6 is 0 Å². The van der Waals surface area contributed by atoms with Crippen LogP contribution in [0, 0.1) is 0 Å². The Morgan fingerprint density at radius 1 is 1.41 bits per heavy atom. The minimum atomic E-state index is -0.380. The summed E-state index contributed by atoms with van der Waals surface area (Å²) < 4.78 is 10.7. The maximum Gasteiger partial charge on any atom is 0.271 e. The molecule has 0 saturated carbocycles. The molecular formula is C15H16N4O3. The number of hydrazine groups is 1. The fourth-order valence-corrected chi connectivity index (χ4v) is 2.21. The van der Waals surface area contributed by atoms with E-state index in [9.17, 15) is 4.79 Å². The average Bonchev–Trinajstić information content (AvgIpc) is 3.23. The second-order valence-electron chi connectivity index (χ2n) is 4.84. The van der Waals surface area contributed by atoms with Gasteiger partial charge < -0.3 is 9.15 Å².